The van der Waals surface area contributed by atoms with Gasteiger partial charge in [-0.05, 0) is 106 Å². The number of methoxy groups -OCH3 is 2. The third-order valence-electron chi connectivity index (χ3n) is 11.1. The monoisotopic (exact) mass is 645 g/mol. The first-order valence-corrected chi connectivity index (χ1v) is 17.4. The number of hydrogen-bond donors (Lipinski definition) is 1. The van der Waals surface area contributed by atoms with Gasteiger partial charge in [-0.3, -0.25) is 9.59 Å². The van der Waals surface area contributed by atoms with Crippen molar-refractivity contribution < 1.29 is 23.9 Å². The molecule has 0 spiro atoms. The Morgan fingerprint density at radius 3 is 2.15 bits per heavy atom. The fraction of sp³-hybridized carbons (Fsp3) is 0.595. The van der Waals surface area contributed by atoms with E-state index in [1.807, 2.05) is 57.2 Å². The molecule has 4 amide bonds. The average molecular weight is 646 g/mol. The highest BCUT2D eigenvalue weighted by molar-refractivity contribution is 5.92. The number of amides is 4. The zero-order valence-corrected chi connectivity index (χ0v) is 28.3. The van der Waals surface area contributed by atoms with Crippen LogP contribution in [0.4, 0.5) is 10.5 Å². The lowest BCUT2D eigenvalue weighted by Gasteiger charge is -2.41. The van der Waals surface area contributed by atoms with E-state index in [2.05, 4.69) is 17.3 Å². The maximum absolute atomic E-state index is 14.2. The molecule has 6 rings (SSSR count). The Hall–Kier alpha value is -3.79. The van der Waals surface area contributed by atoms with Crippen LogP contribution in [-0.2, 0) is 22.6 Å². The van der Waals surface area contributed by atoms with Crippen molar-refractivity contribution in [3.05, 3.63) is 53.6 Å². The number of hydrogen-bond acceptors (Lipinski definition) is 6. The number of benzene rings is 2. The predicted molar refractivity (Wildman–Crippen MR) is 181 cm³/mol. The smallest absolute Gasteiger partial charge is 0.322 e. The average Bonchev–Trinajstić information content (AvgIpc) is 3.11. The minimum atomic E-state index is -0.456. The SMILES string of the molecule is COc1ccc(C[C@H](CC(=O)N2CCC(N3Cc4ccccc4NC3=O)CC2)C(=O)N2CCC(C3CCN(C)CC3)CC2)cc1OC. The predicted octanol–water partition coefficient (Wildman–Crippen LogP) is 4.87. The second kappa shape index (κ2) is 15.0. The molecule has 4 heterocycles. The van der Waals surface area contributed by atoms with E-state index in [0.29, 0.717) is 43.5 Å². The Bertz CT molecular complexity index is 1410. The molecule has 3 fully saturated rings. The molecule has 10 nitrogen and oxygen atoms in total. The van der Waals surface area contributed by atoms with Crippen molar-refractivity contribution in [2.75, 3.05) is 65.9 Å². The van der Waals surface area contributed by atoms with Crippen molar-refractivity contribution in [2.45, 2.75) is 64.0 Å². The molecule has 10 heteroatoms. The number of urea groups is 1. The number of fused-ring (bicyclic) bond motifs is 1. The van der Waals surface area contributed by atoms with E-state index in [9.17, 15) is 14.4 Å². The first-order chi connectivity index (χ1) is 22.8. The van der Waals surface area contributed by atoms with Crippen LogP contribution in [0.2, 0.25) is 0 Å². The van der Waals surface area contributed by atoms with Gasteiger partial charge in [-0.15, -0.1) is 0 Å². The Morgan fingerprint density at radius 1 is 0.830 bits per heavy atom. The van der Waals surface area contributed by atoms with E-state index in [1.165, 1.54) is 12.8 Å². The number of piperidine rings is 3. The first-order valence-electron chi connectivity index (χ1n) is 17.4. The number of rotatable bonds is 9. The quantitative estimate of drug-likeness (QED) is 0.418. The number of likely N-dealkylation sites (tertiary alicyclic amines) is 3. The molecule has 2 aromatic carbocycles. The van der Waals surface area contributed by atoms with Gasteiger partial charge in [0, 0.05) is 50.9 Å². The molecule has 2 aromatic rings. The molecule has 0 unspecified atom stereocenters. The molecule has 1 N–H and O–H groups in total. The van der Waals surface area contributed by atoms with Crippen molar-refractivity contribution in [2.24, 2.45) is 17.8 Å². The normalized spacial score (nSPS) is 20.8. The fourth-order valence-corrected chi connectivity index (χ4v) is 8.17. The van der Waals surface area contributed by atoms with E-state index < -0.39 is 5.92 Å². The molecule has 4 aliphatic rings. The second-order valence-electron chi connectivity index (χ2n) is 13.9. The summed E-state index contributed by atoms with van der Waals surface area (Å²) >= 11 is 0. The zero-order valence-electron chi connectivity index (χ0n) is 28.3. The lowest BCUT2D eigenvalue weighted by molar-refractivity contribution is -0.143. The van der Waals surface area contributed by atoms with E-state index in [-0.39, 0.29) is 30.3 Å². The summed E-state index contributed by atoms with van der Waals surface area (Å²) in [4.78, 5) is 49.1. The molecule has 0 aromatic heterocycles. The number of nitrogens with one attached hydrogen (secondary N) is 1. The summed E-state index contributed by atoms with van der Waals surface area (Å²) in [6.07, 6.45) is 6.66. The van der Waals surface area contributed by atoms with Gasteiger partial charge in [0.1, 0.15) is 0 Å². The summed E-state index contributed by atoms with van der Waals surface area (Å²) in [5.41, 5.74) is 2.93. The summed E-state index contributed by atoms with van der Waals surface area (Å²) in [7, 11) is 5.42. The molecular weight excluding hydrogens is 594 g/mol. The number of para-hydroxylation sites is 1. The topological polar surface area (TPSA) is 94.7 Å². The number of anilines is 1. The number of carbonyl (C=O) groups is 3. The molecule has 254 valence electrons. The Morgan fingerprint density at radius 2 is 1.47 bits per heavy atom. The van der Waals surface area contributed by atoms with E-state index in [4.69, 9.17) is 9.47 Å². The maximum Gasteiger partial charge on any atom is 0.322 e. The highest BCUT2D eigenvalue weighted by Gasteiger charge is 2.36. The third kappa shape index (κ3) is 7.69. The van der Waals surface area contributed by atoms with Crippen molar-refractivity contribution in [3.8, 4) is 11.5 Å². The number of ether oxygens (including phenoxy) is 2. The highest BCUT2D eigenvalue weighted by Crippen LogP contribution is 2.34. The van der Waals surface area contributed by atoms with Gasteiger partial charge in [-0.2, -0.15) is 0 Å². The minimum absolute atomic E-state index is 0.0110. The van der Waals surface area contributed by atoms with Crippen molar-refractivity contribution >= 4 is 23.5 Å². The molecule has 1 atom stereocenters. The van der Waals surface area contributed by atoms with Crippen molar-refractivity contribution in [3.63, 3.8) is 0 Å². The largest absolute Gasteiger partial charge is 0.493 e. The van der Waals surface area contributed by atoms with Crippen LogP contribution in [0.25, 0.3) is 0 Å². The maximum atomic E-state index is 14.2. The number of nitrogens with zero attached hydrogens (tertiary/aromatic N) is 4. The van der Waals surface area contributed by atoms with Crippen LogP contribution >= 0.6 is 0 Å². The molecule has 0 radical (unpaired) electrons. The van der Waals surface area contributed by atoms with E-state index in [1.54, 1.807) is 14.2 Å². The van der Waals surface area contributed by atoms with Gasteiger partial charge >= 0.3 is 6.03 Å². The summed E-state index contributed by atoms with van der Waals surface area (Å²) in [5, 5.41) is 3.02. The third-order valence-corrected chi connectivity index (χ3v) is 11.1. The molecule has 0 saturated carbocycles. The second-order valence-corrected chi connectivity index (χ2v) is 13.9. The van der Waals surface area contributed by atoms with Gasteiger partial charge in [0.05, 0.1) is 20.1 Å². The standard InChI is InChI=1S/C37H51N5O5/c1-39-16-10-27(11-17-39)28-12-18-41(19-13-28)36(44)30(22-26-8-9-33(46-2)34(23-26)47-3)24-35(43)40-20-14-31(15-21-40)42-25-29-6-4-5-7-32(29)38-37(42)45/h4-9,23,27-28,30-31H,10-22,24-25H2,1-3H3,(H,38,45)/t30-/m1/s1. The minimum Gasteiger partial charge on any atom is -0.493 e. The van der Waals surface area contributed by atoms with Gasteiger partial charge in [0.15, 0.2) is 11.5 Å². The van der Waals surface area contributed by atoms with Gasteiger partial charge in [0.25, 0.3) is 0 Å². The van der Waals surface area contributed by atoms with Crippen LogP contribution in [-0.4, -0.2) is 104 Å². The van der Waals surface area contributed by atoms with Gasteiger partial charge < -0.3 is 34.4 Å². The Labute approximate surface area is 279 Å². The highest BCUT2D eigenvalue weighted by atomic mass is 16.5. The van der Waals surface area contributed by atoms with Gasteiger partial charge in [0.2, 0.25) is 11.8 Å². The van der Waals surface area contributed by atoms with Crippen molar-refractivity contribution in [1.82, 2.24) is 19.6 Å². The summed E-state index contributed by atoms with van der Waals surface area (Å²) < 4.78 is 11.0. The van der Waals surface area contributed by atoms with Crippen LogP contribution < -0.4 is 14.8 Å². The van der Waals surface area contributed by atoms with Crippen LogP contribution in [0.1, 0.15) is 56.1 Å². The summed E-state index contributed by atoms with van der Waals surface area (Å²) in [6, 6.07) is 13.7. The molecular formula is C37H51N5O5. The van der Waals surface area contributed by atoms with Crippen LogP contribution in [0, 0.1) is 17.8 Å². The molecule has 4 aliphatic heterocycles. The van der Waals surface area contributed by atoms with Crippen molar-refractivity contribution in [1.29, 1.82) is 0 Å². The van der Waals surface area contributed by atoms with E-state index >= 15 is 0 Å². The van der Waals surface area contributed by atoms with Crippen LogP contribution in [0.3, 0.4) is 0 Å². The van der Waals surface area contributed by atoms with Crippen LogP contribution in [0.5, 0.6) is 11.5 Å². The molecule has 0 aliphatic carbocycles. The van der Waals surface area contributed by atoms with Gasteiger partial charge in [-0.1, -0.05) is 24.3 Å². The summed E-state index contributed by atoms with van der Waals surface area (Å²) in [5.74, 6) is 2.32. The molecule has 47 heavy (non-hydrogen) atoms. The number of carbonyl (C=O) groups excluding carboxylic acids is 3. The Balaban J connectivity index is 1.09. The zero-order chi connectivity index (χ0) is 32.9. The van der Waals surface area contributed by atoms with Crippen LogP contribution in [0.15, 0.2) is 42.5 Å². The molecule has 3 saturated heterocycles. The lowest BCUT2D eigenvalue weighted by Crippen LogP contribution is -2.51. The Kier molecular flexibility index (Phi) is 10.5. The fourth-order valence-electron chi connectivity index (χ4n) is 8.17. The van der Waals surface area contributed by atoms with Gasteiger partial charge in [-0.25, -0.2) is 4.79 Å². The van der Waals surface area contributed by atoms with E-state index in [0.717, 1.165) is 74.6 Å². The lowest BCUT2D eigenvalue weighted by atomic mass is 9.78. The first kappa shape index (κ1) is 33.1. The molecule has 0 bridgehead atoms. The summed E-state index contributed by atoms with van der Waals surface area (Å²) in [6.45, 7) is 5.59.